The molecule has 0 bridgehead atoms. The van der Waals surface area contributed by atoms with Crippen LogP contribution >= 0.6 is 24.0 Å². The van der Waals surface area contributed by atoms with E-state index in [-0.39, 0.29) is 29.9 Å². The summed E-state index contributed by atoms with van der Waals surface area (Å²) in [4.78, 5) is 30.4. The number of rotatable bonds is 7. The normalized spacial score (nSPS) is 10.9. The number of H-pyrrole nitrogens is 1. The fourth-order valence-corrected chi connectivity index (χ4v) is 3.00. The molecular weight excluding hydrogens is 505 g/mol. The number of nitrogens with zero attached hydrogens (tertiary/aromatic N) is 4. The summed E-state index contributed by atoms with van der Waals surface area (Å²) in [7, 11) is 3.64. The molecule has 3 N–H and O–H groups in total. The molecule has 1 aromatic carbocycles. The molecule has 0 spiro atoms. The van der Waals surface area contributed by atoms with E-state index in [0.29, 0.717) is 31.3 Å². The van der Waals surface area contributed by atoms with E-state index in [4.69, 9.17) is 0 Å². The molecule has 0 atom stereocenters. The predicted octanol–water partition coefficient (Wildman–Crippen LogP) is 3.43. The van der Waals surface area contributed by atoms with Crippen molar-refractivity contribution in [3.8, 4) is 11.3 Å². The Balaban J connectivity index is 0.00000341. The number of carbonyl (C=O) groups is 1. The Morgan fingerprint density at radius 2 is 1.94 bits per heavy atom. The SMILES string of the molecule is CN=C(NCCC(=O)Nc1cccc(C)n1)N(C)Cc1ncc(-c2ccccc2)[nH]1.I. The first-order valence-electron chi connectivity index (χ1n) is 9.80. The first kappa shape index (κ1) is 24.3. The number of halogens is 1. The maximum atomic E-state index is 12.1. The van der Waals surface area contributed by atoms with Crippen LogP contribution in [0.2, 0.25) is 0 Å². The fourth-order valence-electron chi connectivity index (χ4n) is 3.00. The van der Waals surface area contributed by atoms with Crippen molar-refractivity contribution in [1.82, 2.24) is 25.2 Å². The van der Waals surface area contributed by atoms with Gasteiger partial charge in [0.15, 0.2) is 5.96 Å². The zero-order valence-electron chi connectivity index (χ0n) is 17.9. The smallest absolute Gasteiger partial charge is 0.227 e. The molecule has 2 aromatic heterocycles. The summed E-state index contributed by atoms with van der Waals surface area (Å²) in [6.45, 7) is 2.91. The molecule has 9 heteroatoms. The summed E-state index contributed by atoms with van der Waals surface area (Å²) in [5.74, 6) is 1.99. The van der Waals surface area contributed by atoms with Gasteiger partial charge in [-0.15, -0.1) is 24.0 Å². The van der Waals surface area contributed by atoms with E-state index in [1.165, 1.54) is 0 Å². The Kier molecular flexibility index (Phi) is 9.44. The van der Waals surface area contributed by atoms with Crippen LogP contribution in [0.25, 0.3) is 11.3 Å². The van der Waals surface area contributed by atoms with Crippen molar-refractivity contribution < 1.29 is 4.79 Å². The quantitative estimate of drug-likeness (QED) is 0.246. The molecule has 0 aliphatic rings. The predicted molar refractivity (Wildman–Crippen MR) is 134 cm³/mol. The number of hydrogen-bond acceptors (Lipinski definition) is 4. The number of hydrogen-bond donors (Lipinski definition) is 3. The first-order chi connectivity index (χ1) is 14.5. The zero-order chi connectivity index (χ0) is 21.3. The highest BCUT2D eigenvalue weighted by Gasteiger charge is 2.11. The van der Waals surface area contributed by atoms with Crippen LogP contribution in [0, 0.1) is 6.92 Å². The Morgan fingerprint density at radius 3 is 2.65 bits per heavy atom. The lowest BCUT2D eigenvalue weighted by atomic mass is 10.2. The van der Waals surface area contributed by atoms with E-state index >= 15 is 0 Å². The van der Waals surface area contributed by atoms with Gasteiger partial charge in [0.1, 0.15) is 11.6 Å². The van der Waals surface area contributed by atoms with Crippen LogP contribution in [0.5, 0.6) is 0 Å². The van der Waals surface area contributed by atoms with Crippen LogP contribution in [0.3, 0.4) is 0 Å². The molecule has 0 aliphatic heterocycles. The number of pyridine rings is 1. The lowest BCUT2D eigenvalue weighted by molar-refractivity contribution is -0.116. The Morgan fingerprint density at radius 1 is 1.16 bits per heavy atom. The van der Waals surface area contributed by atoms with Gasteiger partial charge in [-0.05, 0) is 24.6 Å². The maximum Gasteiger partial charge on any atom is 0.227 e. The van der Waals surface area contributed by atoms with Gasteiger partial charge in [0.05, 0.1) is 18.4 Å². The monoisotopic (exact) mass is 533 g/mol. The second kappa shape index (κ2) is 12.0. The molecule has 0 unspecified atom stereocenters. The van der Waals surface area contributed by atoms with E-state index in [9.17, 15) is 4.79 Å². The zero-order valence-corrected chi connectivity index (χ0v) is 20.3. The molecule has 3 rings (SSSR count). The number of benzene rings is 1. The number of aromatic amines is 1. The van der Waals surface area contributed by atoms with Gasteiger partial charge in [0, 0.05) is 32.8 Å². The van der Waals surface area contributed by atoms with Crippen molar-refractivity contribution >= 4 is 41.7 Å². The lowest BCUT2D eigenvalue weighted by Crippen LogP contribution is -2.39. The topological polar surface area (TPSA) is 98.3 Å². The minimum atomic E-state index is -0.0998. The minimum absolute atomic E-state index is 0. The molecule has 0 fully saturated rings. The van der Waals surface area contributed by atoms with Crippen molar-refractivity contribution in [2.45, 2.75) is 19.9 Å². The van der Waals surface area contributed by atoms with Crippen LogP contribution in [0.1, 0.15) is 17.9 Å². The van der Waals surface area contributed by atoms with Gasteiger partial charge in [-0.2, -0.15) is 0 Å². The molecule has 164 valence electrons. The largest absolute Gasteiger partial charge is 0.356 e. The molecule has 0 aliphatic carbocycles. The molecule has 2 heterocycles. The van der Waals surface area contributed by atoms with Crippen LogP contribution in [-0.2, 0) is 11.3 Å². The highest BCUT2D eigenvalue weighted by Crippen LogP contribution is 2.16. The molecule has 0 radical (unpaired) electrons. The number of aromatic nitrogens is 3. The van der Waals surface area contributed by atoms with E-state index in [2.05, 4.69) is 30.6 Å². The second-order valence-electron chi connectivity index (χ2n) is 6.90. The standard InChI is InChI=1S/C22H27N7O.HI/c1-16-8-7-11-19(26-16)28-21(30)12-13-24-22(23-2)29(3)15-20-25-14-18(27-20)17-9-5-4-6-10-17;/h4-11,14H,12-13,15H2,1-3H3,(H,23,24)(H,25,27)(H,26,28,30);1H. The van der Waals surface area contributed by atoms with E-state index in [1.807, 2.05) is 67.5 Å². The van der Waals surface area contributed by atoms with Crippen LogP contribution in [-0.4, -0.2) is 52.4 Å². The second-order valence-corrected chi connectivity index (χ2v) is 6.90. The van der Waals surface area contributed by atoms with E-state index < -0.39 is 0 Å². The van der Waals surface area contributed by atoms with Gasteiger partial charge in [-0.25, -0.2) is 9.97 Å². The number of aliphatic imine (C=N–C) groups is 1. The van der Waals surface area contributed by atoms with Crippen LogP contribution in [0.4, 0.5) is 5.82 Å². The third-order valence-corrected chi connectivity index (χ3v) is 4.46. The van der Waals surface area contributed by atoms with Gasteiger partial charge in [0.25, 0.3) is 0 Å². The van der Waals surface area contributed by atoms with E-state index in [0.717, 1.165) is 22.8 Å². The van der Waals surface area contributed by atoms with Gasteiger partial charge >= 0.3 is 0 Å². The Labute approximate surface area is 199 Å². The Bertz CT molecular complexity index is 1000. The molecule has 31 heavy (non-hydrogen) atoms. The van der Waals surface area contributed by atoms with Gasteiger partial charge in [-0.1, -0.05) is 36.4 Å². The molecular formula is C22H28IN7O. The van der Waals surface area contributed by atoms with Crippen molar-refractivity contribution in [1.29, 1.82) is 0 Å². The van der Waals surface area contributed by atoms with Crippen molar-refractivity contribution in [3.63, 3.8) is 0 Å². The maximum absolute atomic E-state index is 12.1. The first-order valence-corrected chi connectivity index (χ1v) is 9.80. The summed E-state index contributed by atoms with van der Waals surface area (Å²) < 4.78 is 0. The number of guanidine groups is 1. The number of nitrogens with one attached hydrogen (secondary N) is 3. The Hall–Kier alpha value is -2.95. The molecule has 3 aromatic rings. The van der Waals surface area contributed by atoms with Gasteiger partial charge in [-0.3, -0.25) is 9.79 Å². The average Bonchev–Trinajstić information content (AvgIpc) is 3.20. The number of imidazole rings is 1. The molecule has 1 amide bonds. The number of anilines is 1. The summed E-state index contributed by atoms with van der Waals surface area (Å²) >= 11 is 0. The van der Waals surface area contributed by atoms with E-state index in [1.54, 1.807) is 13.1 Å². The summed E-state index contributed by atoms with van der Waals surface area (Å²) in [5, 5.41) is 6.01. The van der Waals surface area contributed by atoms with Crippen molar-refractivity contribution in [3.05, 3.63) is 66.2 Å². The molecule has 8 nitrogen and oxygen atoms in total. The van der Waals surface area contributed by atoms with Crippen molar-refractivity contribution in [2.75, 3.05) is 26.0 Å². The van der Waals surface area contributed by atoms with Gasteiger partial charge < -0.3 is 20.5 Å². The van der Waals surface area contributed by atoms with Crippen LogP contribution in [0.15, 0.2) is 59.7 Å². The average molecular weight is 533 g/mol. The van der Waals surface area contributed by atoms with Crippen molar-refractivity contribution in [2.24, 2.45) is 4.99 Å². The third kappa shape index (κ3) is 7.35. The molecule has 0 saturated carbocycles. The highest BCUT2D eigenvalue weighted by atomic mass is 127. The number of carbonyl (C=O) groups excluding carboxylic acids is 1. The van der Waals surface area contributed by atoms with Crippen LogP contribution < -0.4 is 10.6 Å². The summed E-state index contributed by atoms with van der Waals surface area (Å²) in [6, 6.07) is 15.6. The molecule has 0 saturated heterocycles. The fraction of sp³-hybridized carbons (Fsp3) is 0.273. The summed E-state index contributed by atoms with van der Waals surface area (Å²) in [5.41, 5.74) is 2.93. The lowest BCUT2D eigenvalue weighted by Gasteiger charge is -2.21. The third-order valence-electron chi connectivity index (χ3n) is 4.46. The number of aryl methyl sites for hydroxylation is 1. The minimum Gasteiger partial charge on any atom is -0.356 e. The van der Waals surface area contributed by atoms with Gasteiger partial charge in [0.2, 0.25) is 5.91 Å². The highest BCUT2D eigenvalue weighted by molar-refractivity contribution is 14.0. The number of amides is 1. The summed E-state index contributed by atoms with van der Waals surface area (Å²) in [6.07, 6.45) is 2.14.